The molecular formula is C22H19F3N4O3S. The minimum atomic E-state index is -4.39. The summed E-state index contributed by atoms with van der Waals surface area (Å²) in [5.41, 5.74) is 0.967. The number of amides is 1. The molecule has 172 valence electrons. The van der Waals surface area contributed by atoms with E-state index in [-0.39, 0.29) is 18.0 Å². The quantitative estimate of drug-likeness (QED) is 0.396. The van der Waals surface area contributed by atoms with Gasteiger partial charge in [0.05, 0.1) is 22.6 Å². The molecule has 2 aromatic carbocycles. The maximum atomic E-state index is 12.7. The number of piperazine rings is 1. The van der Waals surface area contributed by atoms with Crippen LogP contribution in [0.1, 0.15) is 11.3 Å². The van der Waals surface area contributed by atoms with Crippen molar-refractivity contribution in [1.82, 2.24) is 9.88 Å². The lowest BCUT2D eigenvalue weighted by molar-refractivity contribution is -0.384. The summed E-state index contributed by atoms with van der Waals surface area (Å²) < 4.78 is 38.2. The molecule has 1 aromatic heterocycles. The molecule has 0 unspecified atom stereocenters. The molecule has 3 aromatic rings. The lowest BCUT2D eigenvalue weighted by atomic mass is 10.1. The van der Waals surface area contributed by atoms with Gasteiger partial charge in [0.2, 0.25) is 5.91 Å². The van der Waals surface area contributed by atoms with E-state index in [1.165, 1.54) is 29.5 Å². The molecule has 2 heterocycles. The van der Waals surface area contributed by atoms with Crippen LogP contribution in [0.25, 0.3) is 10.6 Å². The maximum Gasteiger partial charge on any atom is 0.416 e. The number of rotatable bonds is 5. The molecule has 1 saturated heterocycles. The van der Waals surface area contributed by atoms with E-state index in [1.807, 2.05) is 4.90 Å². The summed E-state index contributed by atoms with van der Waals surface area (Å²) in [6.45, 7) is 1.82. The van der Waals surface area contributed by atoms with Crippen LogP contribution in [0.2, 0.25) is 0 Å². The van der Waals surface area contributed by atoms with E-state index >= 15 is 0 Å². The van der Waals surface area contributed by atoms with Crippen molar-refractivity contribution in [1.29, 1.82) is 0 Å². The van der Waals surface area contributed by atoms with E-state index in [0.29, 0.717) is 48.1 Å². The largest absolute Gasteiger partial charge is 0.416 e. The van der Waals surface area contributed by atoms with Crippen LogP contribution in [0.5, 0.6) is 0 Å². The van der Waals surface area contributed by atoms with Crippen LogP contribution in [0.4, 0.5) is 24.5 Å². The van der Waals surface area contributed by atoms with Gasteiger partial charge in [0, 0.05) is 43.2 Å². The fraction of sp³-hybridized carbons (Fsp3) is 0.273. The number of benzene rings is 2. The first-order valence-corrected chi connectivity index (χ1v) is 11.0. The van der Waals surface area contributed by atoms with Crippen molar-refractivity contribution in [2.45, 2.75) is 12.6 Å². The van der Waals surface area contributed by atoms with Gasteiger partial charge in [-0.25, -0.2) is 4.98 Å². The second-order valence-electron chi connectivity index (χ2n) is 7.51. The Kier molecular flexibility index (Phi) is 6.32. The molecule has 11 heteroatoms. The zero-order valence-electron chi connectivity index (χ0n) is 17.3. The van der Waals surface area contributed by atoms with Crippen molar-refractivity contribution < 1.29 is 22.9 Å². The van der Waals surface area contributed by atoms with Gasteiger partial charge in [-0.1, -0.05) is 24.3 Å². The summed E-state index contributed by atoms with van der Waals surface area (Å²) in [5.74, 6) is -0.110. The van der Waals surface area contributed by atoms with Gasteiger partial charge in [-0.05, 0) is 18.2 Å². The number of nitro benzene ring substituents is 1. The molecule has 0 N–H and O–H groups in total. The third-order valence-electron chi connectivity index (χ3n) is 5.39. The van der Waals surface area contributed by atoms with Gasteiger partial charge in [0.1, 0.15) is 10.7 Å². The Morgan fingerprint density at radius 3 is 2.36 bits per heavy atom. The molecule has 0 radical (unpaired) electrons. The molecular weight excluding hydrogens is 457 g/mol. The Morgan fingerprint density at radius 2 is 1.73 bits per heavy atom. The number of aromatic nitrogens is 1. The van der Waals surface area contributed by atoms with Crippen molar-refractivity contribution in [3.05, 3.63) is 75.3 Å². The highest BCUT2D eigenvalue weighted by molar-refractivity contribution is 7.13. The Hall–Kier alpha value is -3.47. The highest BCUT2D eigenvalue weighted by Crippen LogP contribution is 2.32. The summed E-state index contributed by atoms with van der Waals surface area (Å²) in [6.07, 6.45) is -4.31. The second kappa shape index (κ2) is 9.18. The van der Waals surface area contributed by atoms with Gasteiger partial charge < -0.3 is 9.80 Å². The first-order chi connectivity index (χ1) is 15.7. The van der Waals surface area contributed by atoms with Crippen molar-refractivity contribution in [2.24, 2.45) is 0 Å². The van der Waals surface area contributed by atoms with E-state index in [0.717, 1.165) is 12.1 Å². The highest BCUT2D eigenvalue weighted by atomic mass is 32.1. The SMILES string of the molecule is O=C(Cc1csc(-c2ccc(C(F)(F)F)cc2)n1)N1CCN(c2ccccc2[N+](=O)[O-])CC1. The summed E-state index contributed by atoms with van der Waals surface area (Å²) in [6, 6.07) is 11.3. The number of nitro groups is 1. The highest BCUT2D eigenvalue weighted by Gasteiger charge is 2.30. The van der Waals surface area contributed by atoms with E-state index < -0.39 is 16.7 Å². The van der Waals surface area contributed by atoms with Crippen molar-refractivity contribution in [3.8, 4) is 10.6 Å². The number of para-hydroxylation sites is 2. The zero-order valence-corrected chi connectivity index (χ0v) is 18.1. The van der Waals surface area contributed by atoms with Gasteiger partial charge in [-0.2, -0.15) is 13.2 Å². The van der Waals surface area contributed by atoms with Crippen LogP contribution in [-0.2, 0) is 17.4 Å². The van der Waals surface area contributed by atoms with Gasteiger partial charge in [-0.3, -0.25) is 14.9 Å². The van der Waals surface area contributed by atoms with Gasteiger partial charge in [0.15, 0.2) is 0 Å². The fourth-order valence-electron chi connectivity index (χ4n) is 3.67. The first-order valence-electron chi connectivity index (χ1n) is 10.1. The maximum absolute atomic E-state index is 12.7. The molecule has 1 amide bonds. The zero-order chi connectivity index (χ0) is 23.6. The molecule has 1 aliphatic heterocycles. The van der Waals surface area contributed by atoms with E-state index in [2.05, 4.69) is 4.98 Å². The van der Waals surface area contributed by atoms with Crippen LogP contribution >= 0.6 is 11.3 Å². The average molecular weight is 476 g/mol. The fourth-order valence-corrected chi connectivity index (χ4v) is 4.50. The smallest absolute Gasteiger partial charge is 0.362 e. The third kappa shape index (κ3) is 5.14. The monoisotopic (exact) mass is 476 g/mol. The van der Waals surface area contributed by atoms with Crippen LogP contribution in [0.3, 0.4) is 0 Å². The Bertz CT molecular complexity index is 1160. The van der Waals surface area contributed by atoms with Crippen molar-refractivity contribution >= 4 is 28.6 Å². The molecule has 4 rings (SSSR count). The molecule has 7 nitrogen and oxygen atoms in total. The number of anilines is 1. The summed E-state index contributed by atoms with van der Waals surface area (Å²) >= 11 is 1.27. The van der Waals surface area contributed by atoms with Gasteiger partial charge >= 0.3 is 6.18 Å². The van der Waals surface area contributed by atoms with E-state index in [9.17, 15) is 28.1 Å². The van der Waals surface area contributed by atoms with Crippen LogP contribution < -0.4 is 4.90 Å². The third-order valence-corrected chi connectivity index (χ3v) is 6.33. The summed E-state index contributed by atoms with van der Waals surface area (Å²) in [5, 5.41) is 13.5. The van der Waals surface area contributed by atoms with E-state index in [4.69, 9.17) is 0 Å². The molecule has 33 heavy (non-hydrogen) atoms. The number of hydrogen-bond acceptors (Lipinski definition) is 6. The average Bonchev–Trinajstić information content (AvgIpc) is 3.27. The standard InChI is InChI=1S/C22H19F3N4O3S/c23-22(24,25)16-7-5-15(6-8-16)21-26-17(14-33-21)13-20(30)28-11-9-27(10-12-28)18-3-1-2-4-19(18)29(31)32/h1-8,14H,9-13H2. The number of carbonyl (C=O) groups excluding carboxylic acids is 1. The number of halogens is 3. The lowest BCUT2D eigenvalue weighted by Gasteiger charge is -2.35. The minimum absolute atomic E-state index is 0.0375. The molecule has 0 atom stereocenters. The molecule has 1 aliphatic rings. The second-order valence-corrected chi connectivity index (χ2v) is 8.37. The Labute approximate surface area is 191 Å². The Balaban J connectivity index is 1.36. The summed E-state index contributed by atoms with van der Waals surface area (Å²) in [4.78, 5) is 31.6. The van der Waals surface area contributed by atoms with Crippen LogP contribution in [0, 0.1) is 10.1 Å². The number of nitrogens with zero attached hydrogens (tertiary/aromatic N) is 4. The first kappa shape index (κ1) is 22.7. The number of alkyl halides is 3. The van der Waals surface area contributed by atoms with Crippen molar-refractivity contribution in [3.63, 3.8) is 0 Å². The molecule has 0 aliphatic carbocycles. The molecule has 0 bridgehead atoms. The predicted octanol–water partition coefficient (Wildman–Crippen LogP) is 4.63. The molecule has 0 saturated carbocycles. The van der Waals surface area contributed by atoms with Crippen LogP contribution in [0.15, 0.2) is 53.9 Å². The lowest BCUT2D eigenvalue weighted by Crippen LogP contribution is -2.49. The summed E-state index contributed by atoms with van der Waals surface area (Å²) in [7, 11) is 0. The number of thiazole rings is 1. The van der Waals surface area contributed by atoms with Crippen molar-refractivity contribution in [2.75, 3.05) is 31.1 Å². The molecule has 1 fully saturated rings. The van der Waals surface area contributed by atoms with Gasteiger partial charge in [0.25, 0.3) is 5.69 Å². The Morgan fingerprint density at radius 1 is 1.06 bits per heavy atom. The number of carbonyl (C=O) groups is 1. The minimum Gasteiger partial charge on any atom is -0.362 e. The number of hydrogen-bond donors (Lipinski definition) is 0. The molecule has 0 spiro atoms. The van der Waals surface area contributed by atoms with E-state index in [1.54, 1.807) is 28.5 Å². The topological polar surface area (TPSA) is 79.6 Å². The van der Waals surface area contributed by atoms with Gasteiger partial charge in [-0.15, -0.1) is 11.3 Å². The normalized spacial score (nSPS) is 14.4. The predicted molar refractivity (Wildman–Crippen MR) is 118 cm³/mol. The van der Waals surface area contributed by atoms with Crippen LogP contribution in [-0.4, -0.2) is 46.9 Å².